The Morgan fingerprint density at radius 2 is 2.28 bits per heavy atom. The number of nitrogens with two attached hydrogens (primary N) is 1. The molecule has 0 aliphatic carbocycles. The summed E-state index contributed by atoms with van der Waals surface area (Å²) in [7, 11) is 1.68. The van der Waals surface area contributed by atoms with Gasteiger partial charge in [-0.15, -0.1) is 0 Å². The van der Waals surface area contributed by atoms with E-state index < -0.39 is 0 Å². The molecular formula is C14H21ClN2O. The first kappa shape index (κ1) is 13.7. The van der Waals surface area contributed by atoms with Crippen LogP contribution >= 0.6 is 11.6 Å². The Hall–Kier alpha value is -0.770. The molecule has 1 fully saturated rings. The van der Waals surface area contributed by atoms with Gasteiger partial charge in [0.2, 0.25) is 0 Å². The molecule has 1 aliphatic heterocycles. The van der Waals surface area contributed by atoms with Crippen molar-refractivity contribution in [1.29, 1.82) is 0 Å². The monoisotopic (exact) mass is 268 g/mol. The van der Waals surface area contributed by atoms with Gasteiger partial charge in [-0.3, -0.25) is 4.90 Å². The Labute approximate surface area is 114 Å². The van der Waals surface area contributed by atoms with Gasteiger partial charge in [0.25, 0.3) is 0 Å². The molecule has 0 spiro atoms. The smallest absolute Gasteiger partial charge is 0.124 e. The van der Waals surface area contributed by atoms with E-state index in [0.717, 1.165) is 42.4 Å². The molecule has 3 nitrogen and oxygen atoms in total. The SMILES string of the molecule is COc1cccc(Cl)c1CN1CCC(N)C(C)C1. The van der Waals surface area contributed by atoms with Crippen LogP contribution in [0, 0.1) is 5.92 Å². The Bertz CT molecular complexity index is 411. The number of methoxy groups -OCH3 is 1. The zero-order valence-corrected chi connectivity index (χ0v) is 11.8. The van der Waals surface area contributed by atoms with Crippen molar-refractivity contribution in [1.82, 2.24) is 4.90 Å². The molecule has 0 aromatic heterocycles. The van der Waals surface area contributed by atoms with Crippen LogP contribution < -0.4 is 10.5 Å². The van der Waals surface area contributed by atoms with Crippen LogP contribution in [0.15, 0.2) is 18.2 Å². The van der Waals surface area contributed by atoms with Crippen molar-refractivity contribution in [3.63, 3.8) is 0 Å². The largest absolute Gasteiger partial charge is 0.496 e. The molecule has 1 aromatic carbocycles. The van der Waals surface area contributed by atoms with Crippen molar-refractivity contribution < 1.29 is 4.74 Å². The van der Waals surface area contributed by atoms with Gasteiger partial charge in [0.1, 0.15) is 5.75 Å². The number of nitrogens with zero attached hydrogens (tertiary/aromatic N) is 1. The second-order valence-electron chi connectivity index (χ2n) is 5.09. The van der Waals surface area contributed by atoms with Crippen LogP contribution in [0.2, 0.25) is 5.02 Å². The molecular weight excluding hydrogens is 248 g/mol. The number of benzene rings is 1. The average Bonchev–Trinajstić information content (AvgIpc) is 2.36. The lowest BCUT2D eigenvalue weighted by Gasteiger charge is -2.35. The molecule has 1 heterocycles. The molecule has 2 atom stereocenters. The summed E-state index contributed by atoms with van der Waals surface area (Å²) in [6, 6.07) is 6.12. The Balaban J connectivity index is 2.10. The molecule has 1 aromatic rings. The predicted octanol–water partition coefficient (Wildman–Crippen LogP) is 2.52. The van der Waals surface area contributed by atoms with E-state index in [2.05, 4.69) is 11.8 Å². The summed E-state index contributed by atoms with van der Waals surface area (Å²) < 4.78 is 5.38. The van der Waals surface area contributed by atoms with Crippen molar-refractivity contribution in [3.8, 4) is 5.75 Å². The van der Waals surface area contributed by atoms with E-state index in [-0.39, 0.29) is 0 Å². The maximum absolute atomic E-state index is 6.26. The van der Waals surface area contributed by atoms with Crippen LogP contribution in [0.5, 0.6) is 5.75 Å². The molecule has 2 N–H and O–H groups in total. The van der Waals surface area contributed by atoms with Gasteiger partial charge in [-0.2, -0.15) is 0 Å². The van der Waals surface area contributed by atoms with Crippen LogP contribution in [0.1, 0.15) is 18.9 Å². The van der Waals surface area contributed by atoms with E-state index in [0.29, 0.717) is 12.0 Å². The van der Waals surface area contributed by atoms with E-state index in [4.69, 9.17) is 22.1 Å². The highest BCUT2D eigenvalue weighted by molar-refractivity contribution is 6.31. The van der Waals surface area contributed by atoms with E-state index in [1.807, 2.05) is 18.2 Å². The first-order valence-electron chi connectivity index (χ1n) is 6.41. The third-order valence-electron chi connectivity index (χ3n) is 3.73. The van der Waals surface area contributed by atoms with Crippen LogP contribution in [-0.2, 0) is 6.54 Å². The lowest BCUT2D eigenvalue weighted by Crippen LogP contribution is -2.45. The zero-order valence-electron chi connectivity index (χ0n) is 11.0. The molecule has 2 unspecified atom stereocenters. The lowest BCUT2D eigenvalue weighted by molar-refractivity contribution is 0.156. The Kier molecular flexibility index (Phi) is 4.49. The van der Waals surface area contributed by atoms with Gasteiger partial charge in [-0.1, -0.05) is 24.6 Å². The minimum absolute atomic E-state index is 0.328. The van der Waals surface area contributed by atoms with Crippen molar-refractivity contribution in [3.05, 3.63) is 28.8 Å². The second kappa shape index (κ2) is 5.91. The third kappa shape index (κ3) is 2.97. The van der Waals surface area contributed by atoms with Gasteiger partial charge >= 0.3 is 0 Å². The minimum Gasteiger partial charge on any atom is -0.496 e. The normalized spacial score (nSPS) is 25.1. The third-order valence-corrected chi connectivity index (χ3v) is 4.09. The highest BCUT2D eigenvalue weighted by atomic mass is 35.5. The van der Waals surface area contributed by atoms with Gasteiger partial charge in [0.15, 0.2) is 0 Å². The van der Waals surface area contributed by atoms with Gasteiger partial charge < -0.3 is 10.5 Å². The van der Waals surface area contributed by atoms with Gasteiger partial charge in [-0.05, 0) is 31.0 Å². The summed E-state index contributed by atoms with van der Waals surface area (Å²) in [6.45, 7) is 5.09. The predicted molar refractivity (Wildman–Crippen MR) is 75.0 cm³/mol. The molecule has 0 saturated carbocycles. The van der Waals surface area contributed by atoms with Crippen molar-refractivity contribution in [2.45, 2.75) is 25.9 Å². The lowest BCUT2D eigenvalue weighted by atomic mass is 9.94. The van der Waals surface area contributed by atoms with Crippen molar-refractivity contribution in [2.24, 2.45) is 11.7 Å². The Morgan fingerprint density at radius 1 is 1.50 bits per heavy atom. The fourth-order valence-corrected chi connectivity index (χ4v) is 2.73. The van der Waals surface area contributed by atoms with Gasteiger partial charge in [0.05, 0.1) is 7.11 Å². The number of ether oxygens (including phenoxy) is 1. The zero-order chi connectivity index (χ0) is 13.1. The summed E-state index contributed by atoms with van der Waals surface area (Å²) in [6.07, 6.45) is 1.05. The van der Waals surface area contributed by atoms with Crippen LogP contribution in [0.25, 0.3) is 0 Å². The van der Waals surface area contributed by atoms with Crippen LogP contribution in [0.3, 0.4) is 0 Å². The van der Waals surface area contributed by atoms with E-state index in [9.17, 15) is 0 Å². The summed E-state index contributed by atoms with van der Waals surface area (Å²) in [5.74, 6) is 1.40. The number of piperidine rings is 1. The van der Waals surface area contributed by atoms with Gasteiger partial charge in [-0.25, -0.2) is 0 Å². The number of rotatable bonds is 3. The maximum Gasteiger partial charge on any atom is 0.124 e. The second-order valence-corrected chi connectivity index (χ2v) is 5.49. The molecule has 18 heavy (non-hydrogen) atoms. The number of halogens is 1. The van der Waals surface area contributed by atoms with Crippen molar-refractivity contribution >= 4 is 11.6 Å². The standard InChI is InChI=1S/C14H21ClN2O/c1-10-8-17(7-6-13(10)16)9-11-12(15)4-3-5-14(11)18-2/h3-5,10,13H,6-9,16H2,1-2H3. The quantitative estimate of drug-likeness (QED) is 0.916. The van der Waals surface area contributed by atoms with Crippen LogP contribution in [-0.4, -0.2) is 31.1 Å². The highest BCUT2D eigenvalue weighted by Gasteiger charge is 2.24. The number of hydrogen-bond acceptors (Lipinski definition) is 3. The Morgan fingerprint density at radius 3 is 2.94 bits per heavy atom. The highest BCUT2D eigenvalue weighted by Crippen LogP contribution is 2.29. The van der Waals surface area contributed by atoms with Gasteiger partial charge in [0, 0.05) is 29.7 Å². The average molecular weight is 269 g/mol. The molecule has 2 rings (SSSR count). The summed E-state index contributed by atoms with van der Waals surface area (Å²) in [4.78, 5) is 2.40. The first-order chi connectivity index (χ1) is 8.61. The topological polar surface area (TPSA) is 38.5 Å². The number of likely N-dealkylation sites (tertiary alicyclic amines) is 1. The summed E-state index contributed by atoms with van der Waals surface area (Å²) >= 11 is 6.26. The summed E-state index contributed by atoms with van der Waals surface area (Å²) in [5, 5.41) is 0.775. The molecule has 4 heteroatoms. The van der Waals surface area contributed by atoms with E-state index >= 15 is 0 Å². The number of hydrogen-bond donors (Lipinski definition) is 1. The fraction of sp³-hybridized carbons (Fsp3) is 0.571. The maximum atomic E-state index is 6.26. The molecule has 0 amide bonds. The van der Waals surface area contributed by atoms with E-state index in [1.54, 1.807) is 7.11 Å². The van der Waals surface area contributed by atoms with Crippen LogP contribution in [0.4, 0.5) is 0 Å². The molecule has 100 valence electrons. The summed E-state index contributed by atoms with van der Waals surface area (Å²) in [5.41, 5.74) is 7.12. The molecule has 1 saturated heterocycles. The van der Waals surface area contributed by atoms with E-state index in [1.165, 1.54) is 0 Å². The van der Waals surface area contributed by atoms with Crippen molar-refractivity contribution in [2.75, 3.05) is 20.2 Å². The minimum atomic E-state index is 0.328. The first-order valence-corrected chi connectivity index (χ1v) is 6.79. The molecule has 1 aliphatic rings. The fourth-order valence-electron chi connectivity index (χ4n) is 2.50. The molecule has 0 bridgehead atoms. The molecule has 0 radical (unpaired) electrons.